The molecule has 2 aromatic heterocycles. The first-order chi connectivity index (χ1) is 8.63. The molecule has 18 heavy (non-hydrogen) atoms. The van der Waals surface area contributed by atoms with E-state index in [1.54, 1.807) is 18.3 Å². The topological polar surface area (TPSA) is 94.3 Å². The maximum atomic E-state index is 11.6. The lowest BCUT2D eigenvalue weighted by Gasteiger charge is -2.07. The van der Waals surface area contributed by atoms with Crippen LogP contribution in [0, 0.1) is 0 Å². The lowest BCUT2D eigenvalue weighted by molar-refractivity contribution is 0.0686. The summed E-state index contributed by atoms with van der Waals surface area (Å²) in [6, 6.07) is 3.34. The molecule has 0 amide bonds. The summed E-state index contributed by atoms with van der Waals surface area (Å²) in [5.41, 5.74) is -0.832. The van der Waals surface area contributed by atoms with Crippen LogP contribution in [0.4, 0.5) is 0 Å². The van der Waals surface area contributed by atoms with Crippen LogP contribution in [0.25, 0.3) is 5.69 Å². The molecule has 0 aliphatic rings. The van der Waals surface area contributed by atoms with E-state index < -0.39 is 17.1 Å². The summed E-state index contributed by atoms with van der Waals surface area (Å²) in [5, 5.41) is 12.6. The van der Waals surface area contributed by atoms with Gasteiger partial charge in [0.1, 0.15) is 0 Å². The molecule has 0 spiro atoms. The summed E-state index contributed by atoms with van der Waals surface area (Å²) in [4.78, 5) is 26.4. The Kier molecular flexibility index (Phi) is 3.05. The molecule has 7 nitrogen and oxygen atoms in total. The van der Waals surface area contributed by atoms with Gasteiger partial charge >= 0.3 is 5.97 Å². The van der Waals surface area contributed by atoms with Gasteiger partial charge in [-0.1, -0.05) is 0 Å². The number of carbonyl (C=O) groups is 1. The number of nitrogens with zero attached hydrogens (tertiary/aromatic N) is 3. The molecule has 0 fully saturated rings. The van der Waals surface area contributed by atoms with Gasteiger partial charge in [0.15, 0.2) is 5.75 Å². The number of ether oxygens (including phenoxy) is 1. The van der Waals surface area contributed by atoms with E-state index in [2.05, 4.69) is 10.1 Å². The molecule has 2 heterocycles. The van der Waals surface area contributed by atoms with Gasteiger partial charge in [-0.15, -0.1) is 0 Å². The van der Waals surface area contributed by atoms with Gasteiger partial charge in [0.05, 0.1) is 25.2 Å². The Hall–Kier alpha value is -2.70. The Labute approximate surface area is 101 Å². The van der Waals surface area contributed by atoms with E-state index in [-0.39, 0.29) is 5.75 Å². The second kappa shape index (κ2) is 4.66. The molecule has 0 radical (unpaired) electrons. The van der Waals surface area contributed by atoms with Gasteiger partial charge in [-0.25, -0.2) is 9.48 Å². The second-order valence-electron chi connectivity index (χ2n) is 3.34. The summed E-state index contributed by atoms with van der Waals surface area (Å²) in [5.74, 6) is -1.50. The maximum absolute atomic E-state index is 11.6. The lowest BCUT2D eigenvalue weighted by Crippen LogP contribution is -2.22. The van der Waals surface area contributed by atoms with Crippen LogP contribution < -0.4 is 10.2 Å². The van der Waals surface area contributed by atoms with Crippen LogP contribution in [-0.2, 0) is 0 Å². The van der Waals surface area contributed by atoms with Crippen molar-refractivity contribution in [2.75, 3.05) is 7.11 Å². The molecule has 7 heteroatoms. The minimum atomic E-state index is -1.41. The first kappa shape index (κ1) is 11.8. The fourth-order valence-electron chi connectivity index (χ4n) is 1.38. The molecule has 0 aliphatic heterocycles. The van der Waals surface area contributed by atoms with Crippen LogP contribution >= 0.6 is 0 Å². The summed E-state index contributed by atoms with van der Waals surface area (Å²) in [6.45, 7) is 0. The first-order valence-electron chi connectivity index (χ1n) is 4.95. The zero-order valence-electron chi connectivity index (χ0n) is 9.40. The third kappa shape index (κ3) is 2.05. The van der Waals surface area contributed by atoms with E-state index in [1.807, 2.05) is 0 Å². The predicted octanol–water partition coefficient (Wildman–Crippen LogP) is 0.334. The highest BCUT2D eigenvalue weighted by atomic mass is 16.5. The Balaban J connectivity index is 2.67. The number of hydrogen-bond donors (Lipinski definition) is 1. The largest absolute Gasteiger partial charge is 0.491 e. The summed E-state index contributed by atoms with van der Waals surface area (Å²) < 4.78 is 6.07. The number of methoxy groups -OCH3 is 1. The van der Waals surface area contributed by atoms with E-state index in [0.717, 1.165) is 0 Å². The minimum absolute atomic E-state index is 0.0914. The number of aromatic nitrogens is 3. The molecule has 0 saturated carbocycles. The zero-order chi connectivity index (χ0) is 13.1. The highest BCUT2D eigenvalue weighted by Gasteiger charge is 2.16. The fraction of sp³-hybridized carbons (Fsp3) is 0.0909. The van der Waals surface area contributed by atoms with Crippen molar-refractivity contribution in [1.82, 2.24) is 14.8 Å². The fourth-order valence-corrected chi connectivity index (χ4v) is 1.38. The predicted molar refractivity (Wildman–Crippen MR) is 61.1 cm³/mol. The van der Waals surface area contributed by atoms with Crippen molar-refractivity contribution >= 4 is 5.97 Å². The molecule has 0 saturated heterocycles. The van der Waals surface area contributed by atoms with Crippen molar-refractivity contribution in [1.29, 1.82) is 0 Å². The number of carboxylic acid groups (broad SMARTS) is 1. The maximum Gasteiger partial charge on any atom is 0.360 e. The summed E-state index contributed by atoms with van der Waals surface area (Å²) in [6.07, 6.45) is 4.37. The zero-order valence-corrected chi connectivity index (χ0v) is 9.40. The molecule has 0 aromatic carbocycles. The monoisotopic (exact) mass is 247 g/mol. The number of hydrogen-bond acceptors (Lipinski definition) is 5. The van der Waals surface area contributed by atoms with Gasteiger partial charge in [0, 0.05) is 6.20 Å². The average Bonchev–Trinajstić information content (AvgIpc) is 2.39. The van der Waals surface area contributed by atoms with Crippen LogP contribution in [0.5, 0.6) is 5.75 Å². The van der Waals surface area contributed by atoms with Crippen LogP contribution in [0.15, 0.2) is 35.5 Å². The van der Waals surface area contributed by atoms with Gasteiger partial charge in [0.2, 0.25) is 5.69 Å². The first-order valence-corrected chi connectivity index (χ1v) is 4.95. The normalized spacial score (nSPS) is 10.1. The lowest BCUT2D eigenvalue weighted by atomic mass is 10.3. The third-order valence-corrected chi connectivity index (χ3v) is 2.22. The SMILES string of the molecule is COc1cn(-c2cccnc2)nc(C(=O)O)c1=O. The minimum Gasteiger partial charge on any atom is -0.491 e. The molecule has 1 N–H and O–H groups in total. The quantitative estimate of drug-likeness (QED) is 0.840. The molecule has 0 unspecified atom stereocenters. The second-order valence-corrected chi connectivity index (χ2v) is 3.34. The molecule has 0 atom stereocenters. The molecule has 0 bridgehead atoms. The molecule has 2 aromatic rings. The Morgan fingerprint density at radius 3 is 2.83 bits per heavy atom. The van der Waals surface area contributed by atoms with E-state index in [9.17, 15) is 9.59 Å². The van der Waals surface area contributed by atoms with Gasteiger partial charge in [-0.3, -0.25) is 9.78 Å². The van der Waals surface area contributed by atoms with Crippen molar-refractivity contribution < 1.29 is 14.6 Å². The number of rotatable bonds is 3. The van der Waals surface area contributed by atoms with Crippen molar-refractivity contribution in [2.24, 2.45) is 0 Å². The van der Waals surface area contributed by atoms with Crippen LogP contribution in [0.2, 0.25) is 0 Å². The standard InChI is InChI=1S/C11H9N3O4/c1-18-8-6-14(7-3-2-4-12-5-7)13-9(10(8)15)11(16)17/h2-6H,1H3,(H,16,17). The van der Waals surface area contributed by atoms with Crippen molar-refractivity contribution in [3.8, 4) is 11.4 Å². The average molecular weight is 247 g/mol. The smallest absolute Gasteiger partial charge is 0.360 e. The highest BCUT2D eigenvalue weighted by molar-refractivity contribution is 5.85. The third-order valence-electron chi connectivity index (χ3n) is 2.22. The van der Waals surface area contributed by atoms with Crippen molar-refractivity contribution in [2.45, 2.75) is 0 Å². The van der Waals surface area contributed by atoms with Crippen LogP contribution in [0.3, 0.4) is 0 Å². The molecule has 92 valence electrons. The molecular formula is C11H9N3O4. The number of carboxylic acids is 1. The van der Waals surface area contributed by atoms with Crippen molar-refractivity contribution in [3.05, 3.63) is 46.6 Å². The van der Waals surface area contributed by atoms with E-state index in [4.69, 9.17) is 9.84 Å². The summed E-state index contributed by atoms with van der Waals surface area (Å²) in [7, 11) is 1.29. The van der Waals surface area contributed by atoms with Gasteiger partial charge in [-0.2, -0.15) is 5.10 Å². The Morgan fingerprint density at radius 1 is 1.50 bits per heavy atom. The Morgan fingerprint density at radius 2 is 2.28 bits per heavy atom. The summed E-state index contributed by atoms with van der Waals surface area (Å²) >= 11 is 0. The Bertz CT molecular complexity index is 636. The number of aromatic carboxylic acids is 1. The van der Waals surface area contributed by atoms with Crippen LogP contribution in [0.1, 0.15) is 10.5 Å². The van der Waals surface area contributed by atoms with Crippen molar-refractivity contribution in [3.63, 3.8) is 0 Å². The highest BCUT2D eigenvalue weighted by Crippen LogP contribution is 2.08. The molecule has 0 aliphatic carbocycles. The van der Waals surface area contributed by atoms with Gasteiger partial charge < -0.3 is 9.84 Å². The van der Waals surface area contributed by atoms with Crippen LogP contribution in [-0.4, -0.2) is 33.0 Å². The van der Waals surface area contributed by atoms with Gasteiger partial charge in [0.25, 0.3) is 5.43 Å². The molecular weight excluding hydrogens is 238 g/mol. The van der Waals surface area contributed by atoms with E-state index in [0.29, 0.717) is 5.69 Å². The molecule has 2 rings (SSSR count). The van der Waals surface area contributed by atoms with Gasteiger partial charge in [-0.05, 0) is 12.1 Å². The number of pyridine rings is 1. The van der Waals surface area contributed by atoms with E-state index >= 15 is 0 Å². The van der Waals surface area contributed by atoms with E-state index in [1.165, 1.54) is 24.2 Å².